The molecule has 0 bridgehead atoms. The molecule has 1 atom stereocenters. The van der Waals surface area contributed by atoms with E-state index in [0.29, 0.717) is 6.04 Å². The second kappa shape index (κ2) is 11.1. The van der Waals surface area contributed by atoms with E-state index >= 15 is 0 Å². The molecule has 5 nitrogen and oxygen atoms in total. The van der Waals surface area contributed by atoms with Crippen molar-refractivity contribution in [3.8, 4) is 0 Å². The first-order valence-electron chi connectivity index (χ1n) is 9.64. The van der Waals surface area contributed by atoms with Crippen LogP contribution in [0.3, 0.4) is 0 Å². The highest BCUT2D eigenvalue weighted by Crippen LogP contribution is 2.16. The van der Waals surface area contributed by atoms with Crippen molar-refractivity contribution in [3.05, 3.63) is 35.1 Å². The molecule has 0 amide bonds. The fourth-order valence-corrected chi connectivity index (χ4v) is 3.40. The maximum atomic E-state index is 13.2. The Labute approximate surface area is 157 Å². The number of guanidine groups is 1. The van der Waals surface area contributed by atoms with E-state index in [1.165, 1.54) is 18.9 Å². The van der Waals surface area contributed by atoms with Crippen LogP contribution >= 0.6 is 0 Å². The molecule has 146 valence electrons. The first kappa shape index (κ1) is 20.6. The predicted octanol–water partition coefficient (Wildman–Crippen LogP) is 2.34. The highest BCUT2D eigenvalue weighted by molar-refractivity contribution is 5.79. The van der Waals surface area contributed by atoms with Crippen molar-refractivity contribution in [1.29, 1.82) is 0 Å². The van der Waals surface area contributed by atoms with Crippen LogP contribution in [0.1, 0.15) is 30.9 Å². The third-order valence-electron chi connectivity index (χ3n) is 4.88. The van der Waals surface area contributed by atoms with Gasteiger partial charge in [-0.1, -0.05) is 6.07 Å². The van der Waals surface area contributed by atoms with Crippen LogP contribution in [0.2, 0.25) is 0 Å². The van der Waals surface area contributed by atoms with Crippen molar-refractivity contribution in [1.82, 2.24) is 15.5 Å². The Morgan fingerprint density at radius 1 is 1.38 bits per heavy atom. The molecule has 0 aliphatic carbocycles. The monoisotopic (exact) mass is 364 g/mol. The molecule has 1 heterocycles. The van der Waals surface area contributed by atoms with Crippen LogP contribution in [-0.4, -0.2) is 63.3 Å². The Kier molecular flexibility index (Phi) is 8.85. The maximum absolute atomic E-state index is 13.2. The molecule has 1 unspecified atom stereocenters. The second-order valence-corrected chi connectivity index (χ2v) is 6.79. The summed E-state index contributed by atoms with van der Waals surface area (Å²) in [7, 11) is 1.75. The van der Waals surface area contributed by atoms with Gasteiger partial charge in [0.1, 0.15) is 5.82 Å². The van der Waals surface area contributed by atoms with Crippen molar-refractivity contribution < 1.29 is 9.13 Å². The predicted molar refractivity (Wildman–Crippen MR) is 105 cm³/mol. The fourth-order valence-electron chi connectivity index (χ4n) is 3.40. The lowest BCUT2D eigenvalue weighted by Gasteiger charge is -2.23. The first-order chi connectivity index (χ1) is 12.6. The van der Waals surface area contributed by atoms with Gasteiger partial charge in [0, 0.05) is 32.8 Å². The summed E-state index contributed by atoms with van der Waals surface area (Å²) >= 11 is 0. The van der Waals surface area contributed by atoms with E-state index < -0.39 is 0 Å². The van der Waals surface area contributed by atoms with E-state index in [9.17, 15) is 4.39 Å². The Balaban J connectivity index is 1.84. The molecule has 2 rings (SSSR count). The van der Waals surface area contributed by atoms with Crippen molar-refractivity contribution in [2.45, 2.75) is 39.2 Å². The van der Waals surface area contributed by atoms with E-state index in [1.54, 1.807) is 13.2 Å². The summed E-state index contributed by atoms with van der Waals surface area (Å²) in [6.07, 6.45) is 3.28. The number of halogens is 1. The third-order valence-corrected chi connectivity index (χ3v) is 4.88. The lowest BCUT2D eigenvalue weighted by Crippen LogP contribution is -2.40. The van der Waals surface area contributed by atoms with Crippen molar-refractivity contribution in [2.75, 3.05) is 46.4 Å². The van der Waals surface area contributed by atoms with Crippen molar-refractivity contribution in [3.63, 3.8) is 0 Å². The van der Waals surface area contributed by atoms with Gasteiger partial charge in [-0.2, -0.15) is 0 Å². The number of benzene rings is 1. The number of hydrogen-bond donors (Lipinski definition) is 2. The first-order valence-corrected chi connectivity index (χ1v) is 9.64. The second-order valence-electron chi connectivity index (χ2n) is 6.79. The minimum absolute atomic E-state index is 0.177. The molecule has 1 aromatic carbocycles. The van der Waals surface area contributed by atoms with Crippen LogP contribution in [-0.2, 0) is 11.2 Å². The van der Waals surface area contributed by atoms with Gasteiger partial charge < -0.3 is 15.4 Å². The van der Waals surface area contributed by atoms with Gasteiger partial charge >= 0.3 is 0 Å². The van der Waals surface area contributed by atoms with E-state index in [1.807, 2.05) is 13.0 Å². The number of aliphatic imine (C=N–C) groups is 1. The van der Waals surface area contributed by atoms with E-state index in [4.69, 9.17) is 9.73 Å². The molecule has 26 heavy (non-hydrogen) atoms. The third kappa shape index (κ3) is 6.57. The molecule has 1 fully saturated rings. The largest absolute Gasteiger partial charge is 0.383 e. The molecule has 1 aliphatic rings. The van der Waals surface area contributed by atoms with E-state index in [0.717, 1.165) is 62.8 Å². The molecule has 6 heteroatoms. The van der Waals surface area contributed by atoms with Crippen LogP contribution in [0.5, 0.6) is 0 Å². The SMILES string of the molecule is CCNC(=NCC1CCCN1CCOC)NCCc1ccc(F)cc1C. The van der Waals surface area contributed by atoms with Gasteiger partial charge in [0.2, 0.25) is 0 Å². The Morgan fingerprint density at radius 3 is 2.96 bits per heavy atom. The number of rotatable bonds is 9. The zero-order chi connectivity index (χ0) is 18.8. The quantitative estimate of drug-likeness (QED) is 0.522. The van der Waals surface area contributed by atoms with Gasteiger partial charge in [0.15, 0.2) is 5.96 Å². The average molecular weight is 365 g/mol. The summed E-state index contributed by atoms with van der Waals surface area (Å²) in [4.78, 5) is 7.24. The molecule has 1 saturated heterocycles. The van der Waals surface area contributed by atoms with Crippen molar-refractivity contribution in [2.24, 2.45) is 4.99 Å². The summed E-state index contributed by atoms with van der Waals surface area (Å²) in [6, 6.07) is 5.47. The average Bonchev–Trinajstić information content (AvgIpc) is 3.07. The topological polar surface area (TPSA) is 48.9 Å². The molecule has 0 aromatic heterocycles. The molecule has 2 N–H and O–H groups in total. The van der Waals surface area contributed by atoms with Gasteiger partial charge in [-0.15, -0.1) is 0 Å². The standard InChI is InChI=1S/C20H33FN4O/c1-4-22-20(23-10-9-17-7-8-18(21)14-16(17)2)24-15-19-6-5-11-25(19)12-13-26-3/h7-8,14,19H,4-6,9-13,15H2,1-3H3,(H2,22,23,24). The number of nitrogens with one attached hydrogen (secondary N) is 2. The lowest BCUT2D eigenvalue weighted by atomic mass is 10.1. The Morgan fingerprint density at radius 2 is 2.23 bits per heavy atom. The molecule has 1 aromatic rings. The highest BCUT2D eigenvalue weighted by atomic mass is 19.1. The number of ether oxygens (including phenoxy) is 1. The molecule has 0 spiro atoms. The number of aryl methyl sites for hydroxylation is 1. The molecular weight excluding hydrogens is 331 g/mol. The van der Waals surface area contributed by atoms with Crippen LogP contribution in [0, 0.1) is 12.7 Å². The number of methoxy groups -OCH3 is 1. The number of likely N-dealkylation sites (tertiary alicyclic amines) is 1. The number of hydrogen-bond acceptors (Lipinski definition) is 3. The molecule has 1 aliphatic heterocycles. The van der Waals surface area contributed by atoms with Gasteiger partial charge in [0.25, 0.3) is 0 Å². The van der Waals surface area contributed by atoms with Crippen LogP contribution in [0.4, 0.5) is 4.39 Å². The van der Waals surface area contributed by atoms with Crippen LogP contribution in [0.25, 0.3) is 0 Å². The Bertz CT molecular complexity index is 579. The normalized spacial score (nSPS) is 18.3. The fraction of sp³-hybridized carbons (Fsp3) is 0.650. The lowest BCUT2D eigenvalue weighted by molar-refractivity contribution is 0.142. The zero-order valence-electron chi connectivity index (χ0n) is 16.4. The summed E-state index contributed by atoms with van der Waals surface area (Å²) in [6.45, 7) is 9.32. The van der Waals surface area contributed by atoms with E-state index in [2.05, 4.69) is 22.5 Å². The minimum atomic E-state index is -0.177. The summed E-state index contributed by atoms with van der Waals surface area (Å²) in [5.74, 6) is 0.676. The maximum Gasteiger partial charge on any atom is 0.191 e. The Hall–Kier alpha value is -1.66. The smallest absolute Gasteiger partial charge is 0.191 e. The van der Waals surface area contributed by atoms with Gasteiger partial charge in [0.05, 0.1) is 13.2 Å². The summed E-state index contributed by atoms with van der Waals surface area (Å²) in [5, 5.41) is 6.71. The van der Waals surface area contributed by atoms with Crippen molar-refractivity contribution >= 4 is 5.96 Å². The highest BCUT2D eigenvalue weighted by Gasteiger charge is 2.23. The molecule has 0 radical (unpaired) electrons. The van der Waals surface area contributed by atoms with Crippen LogP contribution < -0.4 is 10.6 Å². The minimum Gasteiger partial charge on any atom is -0.383 e. The van der Waals surface area contributed by atoms with Gasteiger partial charge in [-0.3, -0.25) is 9.89 Å². The van der Waals surface area contributed by atoms with Gasteiger partial charge in [-0.25, -0.2) is 4.39 Å². The zero-order valence-corrected chi connectivity index (χ0v) is 16.4. The van der Waals surface area contributed by atoms with Crippen LogP contribution in [0.15, 0.2) is 23.2 Å². The number of nitrogens with zero attached hydrogens (tertiary/aromatic N) is 2. The molecular formula is C20H33FN4O. The summed E-state index contributed by atoms with van der Waals surface area (Å²) in [5.41, 5.74) is 2.16. The van der Waals surface area contributed by atoms with Gasteiger partial charge in [-0.05, 0) is 62.9 Å². The summed E-state index contributed by atoms with van der Waals surface area (Å²) < 4.78 is 18.4. The van der Waals surface area contributed by atoms with E-state index in [-0.39, 0.29) is 5.82 Å². The molecule has 0 saturated carbocycles.